The van der Waals surface area contributed by atoms with E-state index in [0.717, 1.165) is 19.5 Å². The Morgan fingerprint density at radius 2 is 1.94 bits per heavy atom. The third-order valence-electron chi connectivity index (χ3n) is 3.14. The van der Waals surface area contributed by atoms with E-state index in [1.54, 1.807) is 0 Å². The largest absolute Gasteiger partial charge is 0.444 e. The minimum Gasteiger partial charge on any atom is -0.444 e. The number of alkyl carbamates (subject to hydrolysis) is 1. The zero-order chi connectivity index (χ0) is 13.9. The number of hydrogen-bond acceptors (Lipinski definition) is 3. The van der Waals surface area contributed by atoms with Crippen LogP contribution in [0, 0.1) is 5.92 Å². The van der Waals surface area contributed by atoms with Gasteiger partial charge in [-0.05, 0) is 47.0 Å². The summed E-state index contributed by atoms with van der Waals surface area (Å²) in [7, 11) is 0. The molecule has 1 aliphatic rings. The van der Waals surface area contributed by atoms with Gasteiger partial charge in [-0.2, -0.15) is 0 Å². The van der Waals surface area contributed by atoms with Crippen LogP contribution in [0.5, 0.6) is 0 Å². The second-order valence-corrected chi connectivity index (χ2v) is 6.73. The average Bonchev–Trinajstić information content (AvgIpc) is 2.12. The Balaban J connectivity index is 2.48. The first-order valence-corrected chi connectivity index (χ1v) is 6.91. The number of nitrogens with zero attached hydrogens (tertiary/aromatic N) is 1. The number of carbonyl (C=O) groups is 1. The van der Waals surface area contributed by atoms with E-state index in [0.29, 0.717) is 12.0 Å². The van der Waals surface area contributed by atoms with Gasteiger partial charge in [0.1, 0.15) is 5.60 Å². The molecule has 2 unspecified atom stereocenters. The number of carbonyl (C=O) groups excluding carboxylic acids is 1. The zero-order valence-electron chi connectivity index (χ0n) is 12.6. The van der Waals surface area contributed by atoms with Gasteiger partial charge in [0, 0.05) is 25.2 Å². The molecule has 4 heteroatoms. The quantitative estimate of drug-likeness (QED) is 0.826. The van der Waals surface area contributed by atoms with Gasteiger partial charge in [-0.1, -0.05) is 6.92 Å². The summed E-state index contributed by atoms with van der Waals surface area (Å²) in [6.07, 6.45) is 0.730. The maximum atomic E-state index is 11.8. The fourth-order valence-electron chi connectivity index (χ4n) is 2.39. The summed E-state index contributed by atoms with van der Waals surface area (Å²) in [6, 6.07) is 0.724. The topological polar surface area (TPSA) is 41.6 Å². The van der Waals surface area contributed by atoms with Crippen molar-refractivity contribution in [3.63, 3.8) is 0 Å². The predicted octanol–water partition coefficient (Wildman–Crippen LogP) is 2.63. The molecule has 2 atom stereocenters. The van der Waals surface area contributed by atoms with Crippen molar-refractivity contribution in [1.29, 1.82) is 0 Å². The van der Waals surface area contributed by atoms with Gasteiger partial charge in [-0.15, -0.1) is 0 Å². The van der Waals surface area contributed by atoms with Gasteiger partial charge in [0.2, 0.25) is 0 Å². The highest BCUT2D eigenvalue weighted by atomic mass is 16.6. The summed E-state index contributed by atoms with van der Waals surface area (Å²) in [5, 5.41) is 2.99. The van der Waals surface area contributed by atoms with Crippen molar-refractivity contribution in [1.82, 2.24) is 10.2 Å². The van der Waals surface area contributed by atoms with Crippen molar-refractivity contribution in [3.8, 4) is 0 Å². The van der Waals surface area contributed by atoms with E-state index in [-0.39, 0.29) is 12.1 Å². The first kappa shape index (κ1) is 15.3. The molecule has 0 saturated carbocycles. The van der Waals surface area contributed by atoms with Crippen LogP contribution in [-0.4, -0.2) is 41.8 Å². The molecule has 0 spiro atoms. The monoisotopic (exact) mass is 256 g/mol. The lowest BCUT2D eigenvalue weighted by Gasteiger charge is -2.39. The molecule has 0 aliphatic carbocycles. The van der Waals surface area contributed by atoms with Crippen LogP contribution in [0.2, 0.25) is 0 Å². The lowest BCUT2D eigenvalue weighted by Crippen LogP contribution is -2.52. The van der Waals surface area contributed by atoms with E-state index in [9.17, 15) is 4.79 Å². The van der Waals surface area contributed by atoms with Crippen molar-refractivity contribution in [2.45, 2.75) is 65.6 Å². The van der Waals surface area contributed by atoms with Gasteiger partial charge >= 0.3 is 6.09 Å². The van der Waals surface area contributed by atoms with Crippen molar-refractivity contribution >= 4 is 6.09 Å². The number of likely N-dealkylation sites (tertiary alicyclic amines) is 1. The van der Waals surface area contributed by atoms with Gasteiger partial charge in [-0.25, -0.2) is 4.79 Å². The van der Waals surface area contributed by atoms with E-state index in [1.165, 1.54) is 0 Å². The van der Waals surface area contributed by atoms with E-state index >= 15 is 0 Å². The van der Waals surface area contributed by atoms with E-state index in [1.807, 2.05) is 20.8 Å². The van der Waals surface area contributed by atoms with Gasteiger partial charge in [0.05, 0.1) is 0 Å². The Labute approximate surface area is 111 Å². The molecule has 4 nitrogen and oxygen atoms in total. The van der Waals surface area contributed by atoms with Crippen LogP contribution in [0.25, 0.3) is 0 Å². The van der Waals surface area contributed by atoms with Crippen molar-refractivity contribution < 1.29 is 9.53 Å². The highest BCUT2D eigenvalue weighted by Gasteiger charge is 2.28. The minimum absolute atomic E-state index is 0.200. The molecule has 1 aliphatic heterocycles. The van der Waals surface area contributed by atoms with Gasteiger partial charge in [0.25, 0.3) is 0 Å². The number of hydrogen-bond donors (Lipinski definition) is 1. The minimum atomic E-state index is -0.428. The molecule has 0 aromatic carbocycles. The van der Waals surface area contributed by atoms with Crippen molar-refractivity contribution in [3.05, 3.63) is 0 Å². The van der Waals surface area contributed by atoms with Crippen LogP contribution in [0.15, 0.2) is 0 Å². The third kappa shape index (κ3) is 5.25. The second-order valence-electron chi connectivity index (χ2n) is 6.73. The standard InChI is InChI=1S/C14H28N2O2/c1-10(2)16-8-11(3)7-12(9-16)15-13(17)18-14(4,5)6/h10-12H,7-9H2,1-6H3,(H,15,17). The van der Waals surface area contributed by atoms with Crippen LogP contribution in [0.3, 0.4) is 0 Å². The Hall–Kier alpha value is -0.770. The van der Waals surface area contributed by atoms with Crippen LogP contribution in [-0.2, 0) is 4.74 Å². The van der Waals surface area contributed by atoms with Gasteiger partial charge < -0.3 is 10.1 Å². The van der Waals surface area contributed by atoms with Crippen molar-refractivity contribution in [2.75, 3.05) is 13.1 Å². The van der Waals surface area contributed by atoms with Crippen molar-refractivity contribution in [2.24, 2.45) is 5.92 Å². The molecule has 1 rings (SSSR count). The Morgan fingerprint density at radius 1 is 1.33 bits per heavy atom. The molecule has 1 N–H and O–H groups in total. The Morgan fingerprint density at radius 3 is 2.44 bits per heavy atom. The van der Waals surface area contributed by atoms with Crippen LogP contribution in [0.1, 0.15) is 48.0 Å². The van der Waals surface area contributed by atoms with E-state index in [4.69, 9.17) is 4.74 Å². The summed E-state index contributed by atoms with van der Waals surface area (Å²) in [5.41, 5.74) is -0.428. The molecule has 1 heterocycles. The maximum Gasteiger partial charge on any atom is 0.407 e. The van der Waals surface area contributed by atoms with Crippen LogP contribution >= 0.6 is 0 Å². The molecule has 0 radical (unpaired) electrons. The number of nitrogens with one attached hydrogen (secondary N) is 1. The molecule has 0 aromatic heterocycles. The average molecular weight is 256 g/mol. The van der Waals surface area contributed by atoms with Gasteiger partial charge in [-0.3, -0.25) is 4.90 Å². The molecule has 18 heavy (non-hydrogen) atoms. The van der Waals surface area contributed by atoms with E-state index in [2.05, 4.69) is 31.0 Å². The molecule has 1 saturated heterocycles. The smallest absolute Gasteiger partial charge is 0.407 e. The third-order valence-corrected chi connectivity index (χ3v) is 3.14. The highest BCUT2D eigenvalue weighted by Crippen LogP contribution is 2.18. The molecule has 0 aromatic rings. The molecule has 1 fully saturated rings. The number of amides is 1. The summed E-state index contributed by atoms with van der Waals surface area (Å²) < 4.78 is 5.30. The first-order valence-electron chi connectivity index (χ1n) is 6.91. The first-order chi connectivity index (χ1) is 8.17. The fourth-order valence-corrected chi connectivity index (χ4v) is 2.39. The highest BCUT2D eigenvalue weighted by molar-refractivity contribution is 5.68. The summed E-state index contributed by atoms with van der Waals surface area (Å²) in [6.45, 7) is 14.3. The summed E-state index contributed by atoms with van der Waals surface area (Å²) in [5.74, 6) is 0.612. The summed E-state index contributed by atoms with van der Waals surface area (Å²) >= 11 is 0. The molecular formula is C14H28N2O2. The fraction of sp³-hybridized carbons (Fsp3) is 0.929. The predicted molar refractivity (Wildman–Crippen MR) is 73.6 cm³/mol. The lowest BCUT2D eigenvalue weighted by molar-refractivity contribution is 0.0435. The normalized spacial score (nSPS) is 26.2. The zero-order valence-corrected chi connectivity index (χ0v) is 12.6. The number of rotatable bonds is 2. The maximum absolute atomic E-state index is 11.8. The molecule has 1 amide bonds. The molecule has 106 valence electrons. The lowest BCUT2D eigenvalue weighted by atomic mass is 9.95. The van der Waals surface area contributed by atoms with E-state index < -0.39 is 5.60 Å². The molecule has 0 bridgehead atoms. The summed E-state index contributed by atoms with van der Waals surface area (Å²) in [4.78, 5) is 14.2. The van der Waals surface area contributed by atoms with Crippen LogP contribution < -0.4 is 5.32 Å². The number of ether oxygens (including phenoxy) is 1. The number of piperidine rings is 1. The second kappa shape index (κ2) is 5.91. The van der Waals surface area contributed by atoms with Crippen LogP contribution in [0.4, 0.5) is 4.79 Å². The van der Waals surface area contributed by atoms with Gasteiger partial charge in [0.15, 0.2) is 0 Å². The molecular weight excluding hydrogens is 228 g/mol. The Kier molecular flexibility index (Phi) is 5.02. The SMILES string of the molecule is CC1CC(NC(=O)OC(C)(C)C)CN(C(C)C)C1. The Bertz CT molecular complexity index is 284.